The monoisotopic (exact) mass is 387 g/mol. The largest absolute Gasteiger partial charge is 0.394 e. The van der Waals surface area contributed by atoms with E-state index in [1.54, 1.807) is 24.4 Å². The number of hydrogen-bond acceptors (Lipinski definition) is 4. The van der Waals surface area contributed by atoms with Gasteiger partial charge in [0, 0.05) is 18.3 Å². The lowest BCUT2D eigenvalue weighted by Crippen LogP contribution is -2.65. The Hall–Kier alpha value is -3.56. The van der Waals surface area contributed by atoms with Gasteiger partial charge in [-0.25, -0.2) is 4.39 Å². The Balaban J connectivity index is 1.60. The van der Waals surface area contributed by atoms with Crippen molar-refractivity contribution in [2.24, 2.45) is 0 Å². The molecule has 1 aromatic heterocycles. The topological polar surface area (TPSA) is 77.2 Å². The number of halogens is 1. The van der Waals surface area contributed by atoms with Gasteiger partial charge >= 0.3 is 0 Å². The smallest absolute Gasteiger partial charge is 0.256 e. The first-order valence-corrected chi connectivity index (χ1v) is 9.23. The number of rotatable bonds is 4. The van der Waals surface area contributed by atoms with Gasteiger partial charge in [-0.05, 0) is 41.0 Å². The van der Waals surface area contributed by atoms with E-state index in [0.29, 0.717) is 5.56 Å². The maximum Gasteiger partial charge on any atom is 0.256 e. The van der Waals surface area contributed by atoms with Crippen molar-refractivity contribution in [1.29, 1.82) is 5.26 Å². The highest BCUT2D eigenvalue weighted by Gasteiger charge is 2.51. The lowest BCUT2D eigenvalue weighted by molar-refractivity contribution is -0.00588. The molecule has 0 bridgehead atoms. The molecular weight excluding hydrogens is 369 g/mol. The van der Waals surface area contributed by atoms with Crippen LogP contribution in [0.3, 0.4) is 0 Å². The molecule has 3 atom stereocenters. The average molecular weight is 387 g/mol. The highest BCUT2D eigenvalue weighted by atomic mass is 19.1. The quantitative estimate of drug-likeness (QED) is 0.745. The van der Waals surface area contributed by atoms with E-state index < -0.39 is 12.1 Å². The van der Waals surface area contributed by atoms with E-state index in [9.17, 15) is 19.6 Å². The van der Waals surface area contributed by atoms with Gasteiger partial charge in [-0.1, -0.05) is 36.4 Å². The fourth-order valence-electron chi connectivity index (χ4n) is 3.89. The normalized spacial score (nSPS) is 20.6. The number of nitriles is 1. The molecule has 1 fully saturated rings. The Morgan fingerprint density at radius 2 is 1.93 bits per heavy atom. The van der Waals surface area contributed by atoms with Crippen molar-refractivity contribution in [3.8, 4) is 17.2 Å². The number of aliphatic hydroxyl groups is 1. The zero-order valence-electron chi connectivity index (χ0n) is 15.4. The summed E-state index contributed by atoms with van der Waals surface area (Å²) in [5, 5.41) is 19.6. The molecule has 0 aliphatic carbocycles. The number of aromatic nitrogens is 1. The summed E-state index contributed by atoms with van der Waals surface area (Å²) in [7, 11) is 0. The maximum atomic E-state index is 13.5. The number of carbonyl (C=O) groups is 1. The summed E-state index contributed by atoms with van der Waals surface area (Å²) in [4.78, 5) is 18.2. The highest BCUT2D eigenvalue weighted by molar-refractivity contribution is 5.95. The summed E-state index contributed by atoms with van der Waals surface area (Å²) in [5.41, 5.74) is 2.84. The SMILES string of the molecule is N#C[C@H]1[C@H](c2ccc(-c3cccc(F)c3)cc2)[C@H](CO)N1C(=O)c1cccnc1. The number of carbonyl (C=O) groups excluding carboxylic acids is 1. The Morgan fingerprint density at radius 1 is 1.14 bits per heavy atom. The van der Waals surface area contributed by atoms with Crippen LogP contribution in [0.5, 0.6) is 0 Å². The van der Waals surface area contributed by atoms with E-state index in [-0.39, 0.29) is 24.2 Å². The Labute approximate surface area is 167 Å². The minimum atomic E-state index is -0.681. The molecule has 5 nitrogen and oxygen atoms in total. The molecule has 0 saturated carbocycles. The predicted octanol–water partition coefficient (Wildman–Crippen LogP) is 3.38. The second-order valence-corrected chi connectivity index (χ2v) is 6.94. The first-order chi connectivity index (χ1) is 14.1. The number of hydrogen-bond donors (Lipinski definition) is 1. The summed E-state index contributed by atoms with van der Waals surface area (Å²) in [6.45, 7) is -0.250. The van der Waals surface area contributed by atoms with E-state index in [1.165, 1.54) is 23.2 Å². The fraction of sp³-hybridized carbons (Fsp3) is 0.174. The van der Waals surface area contributed by atoms with E-state index in [1.807, 2.05) is 30.3 Å². The highest BCUT2D eigenvalue weighted by Crippen LogP contribution is 2.41. The van der Waals surface area contributed by atoms with Gasteiger partial charge in [0.05, 0.1) is 24.3 Å². The van der Waals surface area contributed by atoms with Crippen molar-refractivity contribution in [3.63, 3.8) is 0 Å². The van der Waals surface area contributed by atoms with Crippen molar-refractivity contribution in [2.45, 2.75) is 18.0 Å². The summed E-state index contributed by atoms with van der Waals surface area (Å²) in [6, 6.07) is 18.1. The zero-order chi connectivity index (χ0) is 20.4. The number of benzene rings is 2. The minimum Gasteiger partial charge on any atom is -0.394 e. The zero-order valence-corrected chi connectivity index (χ0v) is 15.4. The van der Waals surface area contributed by atoms with Gasteiger partial charge in [0.1, 0.15) is 11.9 Å². The lowest BCUT2D eigenvalue weighted by atomic mass is 9.75. The van der Waals surface area contributed by atoms with Gasteiger partial charge < -0.3 is 10.0 Å². The summed E-state index contributed by atoms with van der Waals surface area (Å²) < 4.78 is 13.5. The summed E-state index contributed by atoms with van der Waals surface area (Å²) in [5.74, 6) is -0.927. The third kappa shape index (κ3) is 3.37. The van der Waals surface area contributed by atoms with Crippen LogP contribution < -0.4 is 0 Å². The van der Waals surface area contributed by atoms with Crippen molar-refractivity contribution in [1.82, 2.24) is 9.88 Å². The van der Waals surface area contributed by atoms with Crippen molar-refractivity contribution in [3.05, 3.63) is 90.0 Å². The molecule has 0 radical (unpaired) electrons. The fourth-order valence-corrected chi connectivity index (χ4v) is 3.89. The molecule has 2 heterocycles. The molecule has 144 valence electrons. The van der Waals surface area contributed by atoms with Crippen LogP contribution >= 0.6 is 0 Å². The molecule has 0 unspecified atom stereocenters. The van der Waals surface area contributed by atoms with Gasteiger partial charge in [0.2, 0.25) is 0 Å². The summed E-state index contributed by atoms with van der Waals surface area (Å²) >= 11 is 0. The van der Waals surface area contributed by atoms with Crippen LogP contribution in [0.4, 0.5) is 4.39 Å². The van der Waals surface area contributed by atoms with Gasteiger partial charge in [0.15, 0.2) is 0 Å². The molecule has 0 spiro atoms. The molecule has 2 aromatic carbocycles. The Kier molecular flexibility index (Phi) is 5.07. The van der Waals surface area contributed by atoms with Gasteiger partial charge in [-0.2, -0.15) is 5.26 Å². The summed E-state index contributed by atoms with van der Waals surface area (Å²) in [6.07, 6.45) is 3.02. The Bertz CT molecular complexity index is 1060. The first kappa shape index (κ1) is 18.8. The van der Waals surface area contributed by atoms with Gasteiger partial charge in [-0.3, -0.25) is 9.78 Å². The number of nitrogens with zero attached hydrogens (tertiary/aromatic N) is 3. The third-order valence-corrected chi connectivity index (χ3v) is 5.33. The van der Waals surface area contributed by atoms with Crippen molar-refractivity contribution in [2.75, 3.05) is 6.61 Å². The Morgan fingerprint density at radius 3 is 2.55 bits per heavy atom. The van der Waals surface area contributed by atoms with E-state index in [2.05, 4.69) is 11.1 Å². The molecule has 1 N–H and O–H groups in total. The standard InChI is InChI=1S/C23H18FN3O2/c24-19-5-1-3-17(11-19)15-6-8-16(9-7-15)22-20(12-25)27(21(22)14-28)23(29)18-4-2-10-26-13-18/h1-11,13,20-22,28H,14H2/t20-,21-,22-/m0/s1. The van der Waals surface area contributed by atoms with E-state index in [4.69, 9.17) is 0 Å². The van der Waals surface area contributed by atoms with Crippen LogP contribution in [0.1, 0.15) is 21.8 Å². The number of amides is 1. The molecule has 1 aliphatic heterocycles. The number of likely N-dealkylation sites (tertiary alicyclic amines) is 1. The van der Waals surface area contributed by atoms with Crippen LogP contribution in [0.25, 0.3) is 11.1 Å². The number of pyridine rings is 1. The average Bonchev–Trinajstić information content (AvgIpc) is 2.74. The molecule has 6 heteroatoms. The van der Waals surface area contributed by atoms with Crippen LogP contribution in [0.2, 0.25) is 0 Å². The second-order valence-electron chi connectivity index (χ2n) is 6.94. The maximum absolute atomic E-state index is 13.5. The van der Waals surface area contributed by atoms with Crippen LogP contribution in [-0.4, -0.2) is 39.6 Å². The third-order valence-electron chi connectivity index (χ3n) is 5.33. The number of aliphatic hydroxyl groups excluding tert-OH is 1. The molecular formula is C23H18FN3O2. The van der Waals surface area contributed by atoms with Gasteiger partial charge in [-0.15, -0.1) is 0 Å². The van der Waals surface area contributed by atoms with Crippen molar-refractivity contribution < 1.29 is 14.3 Å². The van der Waals surface area contributed by atoms with E-state index in [0.717, 1.165) is 16.7 Å². The minimum absolute atomic E-state index is 0.250. The molecule has 29 heavy (non-hydrogen) atoms. The lowest BCUT2D eigenvalue weighted by Gasteiger charge is -2.51. The van der Waals surface area contributed by atoms with Crippen molar-refractivity contribution >= 4 is 5.91 Å². The molecule has 3 aromatic rings. The molecule has 1 amide bonds. The van der Waals surface area contributed by atoms with Gasteiger partial charge in [0.25, 0.3) is 5.91 Å². The van der Waals surface area contributed by atoms with Crippen LogP contribution in [0.15, 0.2) is 73.1 Å². The molecule has 1 aliphatic rings. The molecule has 1 saturated heterocycles. The first-order valence-electron chi connectivity index (χ1n) is 9.23. The second kappa shape index (κ2) is 7.82. The van der Waals surface area contributed by atoms with E-state index >= 15 is 0 Å². The predicted molar refractivity (Wildman–Crippen MR) is 105 cm³/mol. The van der Waals surface area contributed by atoms with Crippen LogP contribution in [0, 0.1) is 17.1 Å². The van der Waals surface area contributed by atoms with Crippen LogP contribution in [-0.2, 0) is 0 Å². The molecule has 4 rings (SSSR count).